The fourth-order valence-electron chi connectivity index (χ4n) is 3.72. The Hall–Kier alpha value is -1.87. The van der Waals surface area contributed by atoms with Gasteiger partial charge in [-0.2, -0.15) is 0 Å². The van der Waals surface area contributed by atoms with Crippen molar-refractivity contribution in [2.45, 2.75) is 56.8 Å². The number of rotatable bonds is 7. The zero-order valence-corrected chi connectivity index (χ0v) is 19.9. The summed E-state index contributed by atoms with van der Waals surface area (Å²) in [6.45, 7) is 4.07. The van der Waals surface area contributed by atoms with E-state index in [-0.39, 0.29) is 23.9 Å². The van der Waals surface area contributed by atoms with Crippen LogP contribution in [0.15, 0.2) is 33.9 Å². The Balaban J connectivity index is 1.55. The molecule has 0 aliphatic heterocycles. The van der Waals surface area contributed by atoms with Crippen LogP contribution < -0.4 is 10.6 Å². The van der Waals surface area contributed by atoms with E-state index in [2.05, 4.69) is 43.7 Å². The minimum Gasteiger partial charge on any atom is -0.352 e. The molecule has 0 radical (unpaired) electrons. The first-order valence-corrected chi connectivity index (χ1v) is 12.0. The van der Waals surface area contributed by atoms with Crippen molar-refractivity contribution in [3.05, 3.63) is 40.1 Å². The van der Waals surface area contributed by atoms with Gasteiger partial charge in [-0.25, -0.2) is 0 Å². The molecule has 1 aromatic carbocycles. The summed E-state index contributed by atoms with van der Waals surface area (Å²) in [5, 5.41) is 15.2. The van der Waals surface area contributed by atoms with Crippen LogP contribution in [0.2, 0.25) is 0 Å². The van der Waals surface area contributed by atoms with Crippen molar-refractivity contribution >= 4 is 39.5 Å². The lowest BCUT2D eigenvalue weighted by Crippen LogP contribution is -2.41. The van der Waals surface area contributed by atoms with Gasteiger partial charge in [0.2, 0.25) is 5.91 Å². The number of hydrogen-bond donors (Lipinski definition) is 2. The van der Waals surface area contributed by atoms with Crippen molar-refractivity contribution in [2.24, 2.45) is 13.0 Å². The molecule has 162 valence electrons. The summed E-state index contributed by atoms with van der Waals surface area (Å²) in [5.41, 5.74) is 0.565. The van der Waals surface area contributed by atoms with Gasteiger partial charge in [-0.3, -0.25) is 9.59 Å². The maximum atomic E-state index is 12.5. The van der Waals surface area contributed by atoms with Gasteiger partial charge in [0.05, 0.1) is 17.4 Å². The van der Waals surface area contributed by atoms with E-state index >= 15 is 0 Å². The molecule has 0 bridgehead atoms. The Kier molecular flexibility index (Phi) is 7.93. The maximum Gasteiger partial charge on any atom is 0.253 e. The topological polar surface area (TPSA) is 88.9 Å². The second-order valence-corrected chi connectivity index (χ2v) is 9.60. The van der Waals surface area contributed by atoms with Gasteiger partial charge in [0.1, 0.15) is 0 Å². The Morgan fingerprint density at radius 1 is 1.27 bits per heavy atom. The number of carbonyl (C=O) groups excluding carboxylic acids is 2. The number of aromatic nitrogens is 3. The van der Waals surface area contributed by atoms with Gasteiger partial charge < -0.3 is 15.2 Å². The first kappa shape index (κ1) is 22.8. The summed E-state index contributed by atoms with van der Waals surface area (Å²) in [4.78, 5) is 24.9. The van der Waals surface area contributed by atoms with E-state index in [1.807, 2.05) is 36.7 Å². The highest BCUT2D eigenvalue weighted by molar-refractivity contribution is 9.10. The molecule has 3 atom stereocenters. The minimum absolute atomic E-state index is 0.0265. The van der Waals surface area contributed by atoms with Crippen molar-refractivity contribution in [3.63, 3.8) is 0 Å². The molecule has 1 saturated carbocycles. The second kappa shape index (κ2) is 10.4. The third kappa shape index (κ3) is 5.63. The molecule has 9 heteroatoms. The molecule has 1 aliphatic rings. The van der Waals surface area contributed by atoms with Crippen LogP contribution in [0, 0.1) is 5.92 Å². The van der Waals surface area contributed by atoms with Crippen LogP contribution in [0.25, 0.3) is 0 Å². The molecular weight excluding hydrogens is 466 g/mol. The first-order chi connectivity index (χ1) is 14.4. The lowest BCUT2D eigenvalue weighted by Gasteiger charge is -2.29. The Labute approximate surface area is 189 Å². The fraction of sp³-hybridized carbons (Fsp3) is 0.524. The summed E-state index contributed by atoms with van der Waals surface area (Å²) in [7, 11) is 1.85. The SMILES string of the molecule is C[C@H](NC(=O)c1ccccc1Br)c1nnc(SCC(=O)N[C@H]2CCCC[C@H]2C)n1C. The smallest absolute Gasteiger partial charge is 0.253 e. The first-order valence-electron chi connectivity index (χ1n) is 10.2. The summed E-state index contributed by atoms with van der Waals surface area (Å²) >= 11 is 4.76. The zero-order valence-electron chi connectivity index (χ0n) is 17.5. The Morgan fingerprint density at radius 2 is 2.00 bits per heavy atom. The number of hydrogen-bond acceptors (Lipinski definition) is 5. The third-order valence-corrected chi connectivity index (χ3v) is 7.22. The molecule has 7 nitrogen and oxygen atoms in total. The molecule has 30 heavy (non-hydrogen) atoms. The number of nitrogens with zero attached hydrogens (tertiary/aromatic N) is 3. The van der Waals surface area contributed by atoms with Gasteiger partial charge in [-0.05, 0) is 53.7 Å². The quantitative estimate of drug-likeness (QED) is 0.571. The standard InChI is InChI=1S/C21H28BrN5O2S/c1-13-8-4-7-11-17(13)24-18(28)12-30-21-26-25-19(27(21)3)14(2)23-20(29)15-9-5-6-10-16(15)22/h5-6,9-10,13-14,17H,4,7-8,11-12H2,1-3H3,(H,23,29)(H,24,28)/t13-,14+,17+/m1/s1. The van der Waals surface area contributed by atoms with Gasteiger partial charge in [0.25, 0.3) is 5.91 Å². The molecule has 2 amide bonds. The van der Waals surface area contributed by atoms with E-state index in [1.165, 1.54) is 31.0 Å². The molecule has 3 rings (SSSR count). The van der Waals surface area contributed by atoms with Crippen molar-refractivity contribution in [1.82, 2.24) is 25.4 Å². The monoisotopic (exact) mass is 493 g/mol. The number of benzene rings is 1. The van der Waals surface area contributed by atoms with Crippen molar-refractivity contribution in [2.75, 3.05) is 5.75 Å². The van der Waals surface area contributed by atoms with E-state index in [0.717, 1.165) is 10.9 Å². The van der Waals surface area contributed by atoms with Gasteiger partial charge >= 0.3 is 0 Å². The van der Waals surface area contributed by atoms with Crippen LogP contribution >= 0.6 is 27.7 Å². The molecular formula is C21H28BrN5O2S. The highest BCUT2D eigenvalue weighted by Gasteiger charge is 2.24. The summed E-state index contributed by atoms with van der Waals surface area (Å²) in [6, 6.07) is 7.22. The largest absolute Gasteiger partial charge is 0.352 e. The van der Waals surface area contributed by atoms with Crippen molar-refractivity contribution in [3.8, 4) is 0 Å². The maximum absolute atomic E-state index is 12.5. The number of halogens is 1. The summed E-state index contributed by atoms with van der Waals surface area (Å²) < 4.78 is 2.56. The lowest BCUT2D eigenvalue weighted by molar-refractivity contribution is -0.119. The van der Waals surface area contributed by atoms with Crippen molar-refractivity contribution < 1.29 is 9.59 Å². The normalized spacial score (nSPS) is 19.9. The molecule has 0 spiro atoms. The predicted octanol–water partition coefficient (Wildman–Crippen LogP) is 3.86. The van der Waals surface area contributed by atoms with Gasteiger partial charge in [-0.1, -0.05) is 43.7 Å². The van der Waals surface area contributed by atoms with Gasteiger partial charge in [-0.15, -0.1) is 10.2 Å². The van der Waals surface area contributed by atoms with E-state index in [1.54, 1.807) is 6.07 Å². The molecule has 1 heterocycles. The van der Waals surface area contributed by atoms with Gasteiger partial charge in [0, 0.05) is 17.6 Å². The van der Waals surface area contributed by atoms with Crippen molar-refractivity contribution in [1.29, 1.82) is 0 Å². The molecule has 1 fully saturated rings. The number of thioether (sulfide) groups is 1. The van der Waals surface area contributed by atoms with E-state index in [0.29, 0.717) is 28.2 Å². The summed E-state index contributed by atoms with van der Waals surface area (Å²) in [6.07, 6.45) is 4.66. The van der Waals surface area contributed by atoms with E-state index < -0.39 is 0 Å². The molecule has 1 aromatic heterocycles. The van der Waals surface area contributed by atoms with Crippen LogP contribution in [0.1, 0.15) is 61.8 Å². The Morgan fingerprint density at radius 3 is 2.73 bits per heavy atom. The Bertz CT molecular complexity index is 903. The van der Waals surface area contributed by atoms with E-state index in [4.69, 9.17) is 0 Å². The molecule has 2 aromatic rings. The number of nitrogens with one attached hydrogen (secondary N) is 2. The molecule has 0 unspecified atom stereocenters. The third-order valence-electron chi connectivity index (χ3n) is 5.51. The highest BCUT2D eigenvalue weighted by Crippen LogP contribution is 2.24. The van der Waals surface area contributed by atoms with Crippen LogP contribution in [-0.4, -0.2) is 38.4 Å². The zero-order chi connectivity index (χ0) is 21.7. The summed E-state index contributed by atoms with van der Waals surface area (Å²) in [5.74, 6) is 1.31. The van der Waals surface area contributed by atoms with E-state index in [9.17, 15) is 9.59 Å². The fourth-order valence-corrected chi connectivity index (χ4v) is 4.92. The molecule has 2 N–H and O–H groups in total. The molecule has 1 aliphatic carbocycles. The lowest BCUT2D eigenvalue weighted by atomic mass is 9.86. The van der Waals surface area contributed by atoms with Crippen LogP contribution in [0.5, 0.6) is 0 Å². The number of amides is 2. The van der Waals surface area contributed by atoms with Crippen LogP contribution in [-0.2, 0) is 11.8 Å². The van der Waals surface area contributed by atoms with Crippen LogP contribution in [0.3, 0.4) is 0 Å². The second-order valence-electron chi connectivity index (χ2n) is 7.80. The number of carbonyl (C=O) groups is 2. The highest BCUT2D eigenvalue weighted by atomic mass is 79.9. The average Bonchev–Trinajstić information content (AvgIpc) is 3.09. The molecule has 0 saturated heterocycles. The predicted molar refractivity (Wildman–Crippen MR) is 121 cm³/mol. The van der Waals surface area contributed by atoms with Crippen LogP contribution in [0.4, 0.5) is 0 Å². The van der Waals surface area contributed by atoms with Gasteiger partial charge in [0.15, 0.2) is 11.0 Å². The average molecular weight is 494 g/mol. The minimum atomic E-state index is -0.326.